The van der Waals surface area contributed by atoms with Gasteiger partial charge >= 0.3 is 0 Å². The summed E-state index contributed by atoms with van der Waals surface area (Å²) in [5.41, 5.74) is 0. The molecular formula is C5H5Cl3O. The smallest absolute Gasteiger partial charge is 0.243 e. The Labute approximate surface area is 68.6 Å². The van der Waals surface area contributed by atoms with E-state index in [1.165, 1.54) is 6.08 Å². The summed E-state index contributed by atoms with van der Waals surface area (Å²) in [6, 6.07) is 0. The van der Waals surface area contributed by atoms with Crippen molar-refractivity contribution < 1.29 is 4.79 Å². The molecule has 1 unspecified atom stereocenters. The number of carbonyl (C=O) groups is 1. The standard InChI is InChI=1S/C5H5Cl3O/c1-3(6)2-4(7)5(8)9/h2,4H,1H3/b3-2+. The molecule has 0 aliphatic rings. The molecule has 0 saturated heterocycles. The Kier molecular flexibility index (Phi) is 4.28. The molecule has 4 heteroatoms. The number of allylic oxidation sites excluding steroid dienone is 2. The van der Waals surface area contributed by atoms with Crippen molar-refractivity contribution in [1.29, 1.82) is 0 Å². The average Bonchev–Trinajstić information content (AvgIpc) is 1.63. The Bertz CT molecular complexity index is 137. The van der Waals surface area contributed by atoms with Gasteiger partial charge in [-0.2, -0.15) is 0 Å². The monoisotopic (exact) mass is 186 g/mol. The van der Waals surface area contributed by atoms with Crippen molar-refractivity contribution in [3.8, 4) is 0 Å². The van der Waals surface area contributed by atoms with Gasteiger partial charge in [0.05, 0.1) is 0 Å². The molecule has 0 rings (SSSR count). The van der Waals surface area contributed by atoms with Gasteiger partial charge in [-0.1, -0.05) is 11.6 Å². The molecule has 0 spiro atoms. The number of alkyl halides is 1. The van der Waals surface area contributed by atoms with E-state index in [1.54, 1.807) is 6.92 Å². The predicted molar refractivity (Wildman–Crippen MR) is 40.1 cm³/mol. The lowest BCUT2D eigenvalue weighted by atomic mass is 10.4. The second-order valence-electron chi connectivity index (χ2n) is 1.46. The van der Waals surface area contributed by atoms with E-state index in [1.807, 2.05) is 0 Å². The van der Waals surface area contributed by atoms with Crippen molar-refractivity contribution in [2.75, 3.05) is 0 Å². The summed E-state index contributed by atoms with van der Waals surface area (Å²) >= 11 is 15.7. The third kappa shape index (κ3) is 4.76. The maximum atomic E-state index is 10.2. The molecule has 0 aromatic carbocycles. The lowest BCUT2D eigenvalue weighted by Crippen LogP contribution is -2.02. The van der Waals surface area contributed by atoms with Crippen LogP contribution in [-0.4, -0.2) is 10.6 Å². The van der Waals surface area contributed by atoms with Crippen LogP contribution in [-0.2, 0) is 4.79 Å². The molecule has 0 radical (unpaired) electrons. The van der Waals surface area contributed by atoms with Gasteiger partial charge in [-0.05, 0) is 24.6 Å². The fourth-order valence-corrected chi connectivity index (χ4v) is 0.710. The van der Waals surface area contributed by atoms with E-state index in [0.717, 1.165) is 0 Å². The van der Waals surface area contributed by atoms with Crippen LogP contribution in [0.4, 0.5) is 0 Å². The summed E-state index contributed by atoms with van der Waals surface area (Å²) in [5.74, 6) is 0. The first-order chi connectivity index (χ1) is 4.04. The molecule has 9 heavy (non-hydrogen) atoms. The van der Waals surface area contributed by atoms with Gasteiger partial charge in [0.15, 0.2) is 0 Å². The maximum Gasteiger partial charge on any atom is 0.243 e. The third-order valence-corrected chi connectivity index (χ3v) is 1.39. The van der Waals surface area contributed by atoms with E-state index in [0.29, 0.717) is 5.03 Å². The third-order valence-electron chi connectivity index (χ3n) is 0.593. The second-order valence-corrected chi connectivity index (χ2v) is 2.90. The molecule has 0 saturated carbocycles. The van der Waals surface area contributed by atoms with Crippen LogP contribution in [0.1, 0.15) is 6.92 Å². The van der Waals surface area contributed by atoms with Crippen molar-refractivity contribution in [2.45, 2.75) is 12.3 Å². The van der Waals surface area contributed by atoms with Crippen LogP contribution in [0, 0.1) is 0 Å². The zero-order chi connectivity index (χ0) is 7.44. The molecule has 0 aliphatic carbocycles. The van der Waals surface area contributed by atoms with Gasteiger partial charge in [0, 0.05) is 5.03 Å². The van der Waals surface area contributed by atoms with Gasteiger partial charge in [0.25, 0.3) is 0 Å². The first kappa shape index (κ1) is 9.28. The Morgan fingerprint density at radius 2 is 2.00 bits per heavy atom. The SMILES string of the molecule is C/C(Cl)=C\C(Cl)C(=O)Cl. The van der Waals surface area contributed by atoms with Crippen LogP contribution in [0.25, 0.3) is 0 Å². The Hall–Kier alpha value is 0.280. The number of halogens is 3. The van der Waals surface area contributed by atoms with Gasteiger partial charge < -0.3 is 0 Å². The molecule has 52 valence electrons. The average molecular weight is 187 g/mol. The first-order valence-corrected chi connectivity index (χ1v) is 3.40. The molecule has 0 aromatic heterocycles. The van der Waals surface area contributed by atoms with Crippen LogP contribution in [0.3, 0.4) is 0 Å². The molecule has 0 N–H and O–H groups in total. The van der Waals surface area contributed by atoms with Crippen molar-refractivity contribution >= 4 is 40.0 Å². The highest BCUT2D eigenvalue weighted by atomic mass is 35.5. The summed E-state index contributed by atoms with van der Waals surface area (Å²) in [6.07, 6.45) is 1.37. The molecule has 0 heterocycles. The van der Waals surface area contributed by atoms with Crippen molar-refractivity contribution in [2.24, 2.45) is 0 Å². The van der Waals surface area contributed by atoms with Gasteiger partial charge in [-0.25, -0.2) is 0 Å². The Morgan fingerprint density at radius 3 is 2.11 bits per heavy atom. The van der Waals surface area contributed by atoms with Gasteiger partial charge in [-0.15, -0.1) is 11.6 Å². The molecule has 0 bridgehead atoms. The summed E-state index contributed by atoms with van der Waals surface area (Å²) in [4.78, 5) is 10.2. The minimum absolute atomic E-state index is 0.462. The number of hydrogen-bond acceptors (Lipinski definition) is 1. The van der Waals surface area contributed by atoms with E-state index in [4.69, 9.17) is 34.8 Å². The normalized spacial score (nSPS) is 15.3. The topological polar surface area (TPSA) is 17.1 Å². The van der Waals surface area contributed by atoms with Crippen LogP contribution >= 0.6 is 34.8 Å². The highest BCUT2D eigenvalue weighted by molar-refractivity contribution is 6.69. The zero-order valence-electron chi connectivity index (χ0n) is 4.70. The molecule has 1 atom stereocenters. The maximum absolute atomic E-state index is 10.2. The number of hydrogen-bond donors (Lipinski definition) is 0. The van der Waals surface area contributed by atoms with E-state index in [-0.39, 0.29) is 0 Å². The Morgan fingerprint density at radius 1 is 1.56 bits per heavy atom. The molecular weight excluding hydrogens is 182 g/mol. The van der Waals surface area contributed by atoms with E-state index >= 15 is 0 Å². The first-order valence-electron chi connectivity index (χ1n) is 2.21. The minimum atomic E-state index is -0.802. The van der Waals surface area contributed by atoms with E-state index in [2.05, 4.69) is 0 Å². The quantitative estimate of drug-likeness (QED) is 0.479. The predicted octanol–water partition coefficient (Wildman–Crippen LogP) is 2.50. The van der Waals surface area contributed by atoms with Gasteiger partial charge in [-0.3, -0.25) is 4.79 Å². The summed E-state index contributed by atoms with van der Waals surface area (Å²) in [7, 11) is 0. The summed E-state index contributed by atoms with van der Waals surface area (Å²) in [5, 5.41) is -0.954. The fourth-order valence-electron chi connectivity index (χ4n) is 0.267. The number of carbonyl (C=O) groups excluding carboxylic acids is 1. The van der Waals surface area contributed by atoms with Crippen molar-refractivity contribution in [3.05, 3.63) is 11.1 Å². The van der Waals surface area contributed by atoms with E-state index in [9.17, 15) is 4.79 Å². The van der Waals surface area contributed by atoms with Gasteiger partial charge in [0.2, 0.25) is 5.24 Å². The van der Waals surface area contributed by atoms with Crippen LogP contribution < -0.4 is 0 Å². The largest absolute Gasteiger partial charge is 0.279 e. The molecule has 0 fully saturated rings. The van der Waals surface area contributed by atoms with E-state index < -0.39 is 10.6 Å². The summed E-state index contributed by atoms with van der Waals surface area (Å²) < 4.78 is 0. The Balaban J connectivity index is 3.91. The lowest BCUT2D eigenvalue weighted by molar-refractivity contribution is -0.110. The van der Waals surface area contributed by atoms with Crippen molar-refractivity contribution in [3.63, 3.8) is 0 Å². The fraction of sp³-hybridized carbons (Fsp3) is 0.400. The zero-order valence-corrected chi connectivity index (χ0v) is 6.96. The highest BCUT2D eigenvalue weighted by Gasteiger charge is 2.07. The molecule has 0 amide bonds. The summed E-state index contributed by atoms with van der Waals surface area (Å²) in [6.45, 7) is 1.62. The minimum Gasteiger partial charge on any atom is -0.279 e. The van der Waals surface area contributed by atoms with Crippen molar-refractivity contribution in [1.82, 2.24) is 0 Å². The van der Waals surface area contributed by atoms with Gasteiger partial charge in [0.1, 0.15) is 5.38 Å². The molecule has 1 nitrogen and oxygen atoms in total. The van der Waals surface area contributed by atoms with Crippen LogP contribution in [0.5, 0.6) is 0 Å². The second kappa shape index (κ2) is 4.15. The molecule has 0 aliphatic heterocycles. The van der Waals surface area contributed by atoms with Crippen LogP contribution in [0.15, 0.2) is 11.1 Å². The highest BCUT2D eigenvalue weighted by Crippen LogP contribution is 2.08. The molecule has 0 aromatic rings. The van der Waals surface area contributed by atoms with Crippen LogP contribution in [0.2, 0.25) is 0 Å². The number of rotatable bonds is 2. The lowest BCUT2D eigenvalue weighted by Gasteiger charge is -1.93.